The summed E-state index contributed by atoms with van der Waals surface area (Å²) in [5.74, 6) is 2.01. The van der Waals surface area contributed by atoms with Gasteiger partial charge in [-0.1, -0.05) is 41.9 Å². The molecule has 0 radical (unpaired) electrons. The number of hydrogen-bond acceptors (Lipinski definition) is 3. The van der Waals surface area contributed by atoms with Crippen LogP contribution >= 0.6 is 11.6 Å². The molecule has 1 saturated carbocycles. The van der Waals surface area contributed by atoms with Gasteiger partial charge in [-0.3, -0.25) is 14.8 Å². The Morgan fingerprint density at radius 1 is 1.09 bits per heavy atom. The van der Waals surface area contributed by atoms with Crippen molar-refractivity contribution in [1.29, 1.82) is 0 Å². The van der Waals surface area contributed by atoms with Gasteiger partial charge in [0.15, 0.2) is 0 Å². The summed E-state index contributed by atoms with van der Waals surface area (Å²) in [5.41, 5.74) is 4.43. The number of carbonyl (C=O) groups excluding carboxylic acids is 1. The van der Waals surface area contributed by atoms with Crippen molar-refractivity contribution >= 4 is 34.6 Å². The Balaban J connectivity index is 1.05. The van der Waals surface area contributed by atoms with Crippen LogP contribution in [-0.4, -0.2) is 42.1 Å². The summed E-state index contributed by atoms with van der Waals surface area (Å²) in [4.78, 5) is 24.2. The van der Waals surface area contributed by atoms with E-state index in [0.717, 1.165) is 30.8 Å². The zero-order chi connectivity index (χ0) is 24.2. The lowest BCUT2D eigenvalue weighted by Gasteiger charge is -2.31. The first kappa shape index (κ1) is 24.0. The number of amides is 1. The van der Waals surface area contributed by atoms with Gasteiger partial charge in [-0.05, 0) is 98.2 Å². The first-order valence-electron chi connectivity index (χ1n) is 12.9. The van der Waals surface area contributed by atoms with Crippen LogP contribution in [0.25, 0.3) is 10.9 Å². The van der Waals surface area contributed by atoms with Crippen LogP contribution in [0.15, 0.2) is 59.7 Å². The molecule has 0 aliphatic heterocycles. The highest BCUT2D eigenvalue weighted by Gasteiger charge is 2.25. The van der Waals surface area contributed by atoms with Crippen molar-refractivity contribution in [3.05, 3.63) is 76.4 Å². The molecule has 0 saturated heterocycles. The van der Waals surface area contributed by atoms with Gasteiger partial charge in [0.2, 0.25) is 0 Å². The highest BCUT2D eigenvalue weighted by molar-refractivity contribution is 6.35. The van der Waals surface area contributed by atoms with Crippen molar-refractivity contribution in [2.75, 3.05) is 20.1 Å². The Morgan fingerprint density at radius 3 is 2.71 bits per heavy atom. The van der Waals surface area contributed by atoms with Gasteiger partial charge in [-0.25, -0.2) is 0 Å². The molecule has 2 aliphatic carbocycles. The molecule has 1 unspecified atom stereocenters. The average molecular weight is 488 g/mol. The van der Waals surface area contributed by atoms with Crippen LogP contribution in [0.3, 0.4) is 0 Å². The molecule has 1 fully saturated rings. The van der Waals surface area contributed by atoms with Crippen molar-refractivity contribution < 1.29 is 4.79 Å². The number of rotatable bonds is 8. The minimum Gasteiger partial charge on any atom is -0.341 e. The molecule has 1 amide bonds. The molecular formula is C30H34ClN3O. The van der Waals surface area contributed by atoms with E-state index in [0.29, 0.717) is 27.9 Å². The van der Waals surface area contributed by atoms with Gasteiger partial charge in [-0.15, -0.1) is 0 Å². The van der Waals surface area contributed by atoms with E-state index in [1.807, 2.05) is 30.1 Å². The molecule has 2 aromatic carbocycles. The number of hydrogen-bond donors (Lipinski definition) is 0. The second kappa shape index (κ2) is 10.9. The van der Waals surface area contributed by atoms with Crippen molar-refractivity contribution in [3.8, 4) is 0 Å². The third kappa shape index (κ3) is 5.43. The maximum Gasteiger partial charge on any atom is 0.254 e. The van der Waals surface area contributed by atoms with Crippen LogP contribution in [0.4, 0.5) is 0 Å². The summed E-state index contributed by atoms with van der Waals surface area (Å²) in [6.45, 7) is 1.74. The van der Waals surface area contributed by atoms with Crippen LogP contribution in [-0.2, 0) is 6.42 Å². The molecule has 0 bridgehead atoms. The Labute approximate surface area is 213 Å². The number of aliphatic imine (C=N–C) groups is 1. The Bertz CT molecular complexity index is 1220. The number of nitrogens with zero attached hydrogens (tertiary/aromatic N) is 3. The summed E-state index contributed by atoms with van der Waals surface area (Å²) in [5, 5.41) is 1.40. The molecule has 0 spiro atoms. The fourth-order valence-electron chi connectivity index (χ4n) is 5.81. The molecule has 1 atom stereocenters. The molecule has 2 aliphatic rings. The first-order valence-corrected chi connectivity index (χ1v) is 13.3. The van der Waals surface area contributed by atoms with Gasteiger partial charge in [0.05, 0.1) is 10.5 Å². The lowest BCUT2D eigenvalue weighted by atomic mass is 9.75. The minimum atomic E-state index is 0.0421. The second-order valence-electron chi connectivity index (χ2n) is 10.3. The number of halogens is 1. The van der Waals surface area contributed by atoms with Gasteiger partial charge in [0, 0.05) is 37.3 Å². The average Bonchev–Trinajstić information content (AvgIpc) is 2.87. The summed E-state index contributed by atoms with van der Waals surface area (Å²) in [7, 11) is 1.91. The molecular weight excluding hydrogens is 454 g/mol. The topological polar surface area (TPSA) is 45.6 Å². The van der Waals surface area contributed by atoms with Crippen molar-refractivity contribution in [1.82, 2.24) is 9.88 Å². The lowest BCUT2D eigenvalue weighted by molar-refractivity contribution is 0.0756. The Hall–Kier alpha value is -2.72. The van der Waals surface area contributed by atoms with E-state index in [1.54, 1.807) is 17.8 Å². The Kier molecular flexibility index (Phi) is 7.48. The van der Waals surface area contributed by atoms with Gasteiger partial charge < -0.3 is 4.90 Å². The van der Waals surface area contributed by atoms with E-state index in [1.165, 1.54) is 44.1 Å². The quantitative estimate of drug-likeness (QED) is 0.322. The summed E-state index contributed by atoms with van der Waals surface area (Å²) in [6, 6.07) is 16.2. The van der Waals surface area contributed by atoms with Gasteiger partial charge in [-0.2, -0.15) is 0 Å². The monoisotopic (exact) mass is 487 g/mol. The largest absolute Gasteiger partial charge is 0.341 e. The van der Waals surface area contributed by atoms with E-state index in [9.17, 15) is 4.79 Å². The van der Waals surface area contributed by atoms with Crippen LogP contribution in [0.1, 0.15) is 65.9 Å². The predicted molar refractivity (Wildman–Crippen MR) is 145 cm³/mol. The number of benzene rings is 2. The molecule has 4 nitrogen and oxygen atoms in total. The van der Waals surface area contributed by atoms with Crippen LogP contribution < -0.4 is 0 Å². The molecule has 1 heterocycles. The SMILES string of the molecule is CN(CC1CCC(CN=CCCC2Cc3ccccc32)CC1)C(=O)c1ccc(Cl)c2ncccc12. The highest BCUT2D eigenvalue weighted by Crippen LogP contribution is 2.37. The van der Waals surface area contributed by atoms with Gasteiger partial charge >= 0.3 is 0 Å². The van der Waals surface area contributed by atoms with Gasteiger partial charge in [0.1, 0.15) is 0 Å². The van der Waals surface area contributed by atoms with Gasteiger partial charge in [0.25, 0.3) is 5.91 Å². The summed E-state index contributed by atoms with van der Waals surface area (Å²) in [6.07, 6.45) is 12.1. The molecule has 182 valence electrons. The van der Waals surface area contributed by atoms with Crippen LogP contribution in [0.2, 0.25) is 5.02 Å². The lowest BCUT2D eigenvalue weighted by Crippen LogP contribution is -2.33. The zero-order valence-corrected chi connectivity index (χ0v) is 21.3. The minimum absolute atomic E-state index is 0.0421. The maximum absolute atomic E-state index is 13.2. The van der Waals surface area contributed by atoms with E-state index >= 15 is 0 Å². The standard InChI is InChI=1S/C30H34ClN3O/c1-34(30(35)27-14-15-28(31)29-26(27)9-5-17-33-29)20-22-12-10-21(11-13-22)19-32-16-4-7-24-18-23-6-2-3-8-25(23)24/h2-3,5-6,8-9,14-17,21-22,24H,4,7,10-13,18-20H2,1H3. The molecule has 0 N–H and O–H groups in total. The van der Waals surface area contributed by atoms with E-state index in [2.05, 4.69) is 35.5 Å². The third-order valence-corrected chi connectivity index (χ3v) is 8.20. The normalized spacial score (nSPS) is 21.6. The number of fused-ring (bicyclic) bond motifs is 2. The fraction of sp³-hybridized carbons (Fsp3) is 0.433. The first-order chi connectivity index (χ1) is 17.1. The van der Waals surface area contributed by atoms with E-state index in [4.69, 9.17) is 16.6 Å². The number of pyridine rings is 1. The molecule has 3 aromatic rings. The maximum atomic E-state index is 13.2. The number of aromatic nitrogens is 1. The van der Waals surface area contributed by atoms with Crippen molar-refractivity contribution in [3.63, 3.8) is 0 Å². The second-order valence-corrected chi connectivity index (χ2v) is 10.7. The smallest absolute Gasteiger partial charge is 0.254 e. The predicted octanol–water partition coefficient (Wildman–Crippen LogP) is 6.96. The van der Waals surface area contributed by atoms with E-state index in [-0.39, 0.29) is 5.91 Å². The van der Waals surface area contributed by atoms with Crippen molar-refractivity contribution in [2.45, 2.75) is 50.9 Å². The molecule has 1 aromatic heterocycles. The zero-order valence-electron chi connectivity index (χ0n) is 20.5. The van der Waals surface area contributed by atoms with Crippen LogP contribution in [0, 0.1) is 11.8 Å². The Morgan fingerprint density at radius 2 is 1.89 bits per heavy atom. The molecule has 5 heteroatoms. The number of carbonyl (C=O) groups is 1. The third-order valence-electron chi connectivity index (χ3n) is 7.89. The van der Waals surface area contributed by atoms with Crippen molar-refractivity contribution in [2.24, 2.45) is 16.8 Å². The summed E-state index contributed by atoms with van der Waals surface area (Å²) < 4.78 is 0. The highest BCUT2D eigenvalue weighted by atomic mass is 35.5. The fourth-order valence-corrected chi connectivity index (χ4v) is 6.02. The molecule has 35 heavy (non-hydrogen) atoms. The summed E-state index contributed by atoms with van der Waals surface area (Å²) >= 11 is 6.28. The van der Waals surface area contributed by atoms with E-state index < -0.39 is 0 Å². The molecule has 5 rings (SSSR count). The van der Waals surface area contributed by atoms with Crippen LogP contribution in [0.5, 0.6) is 0 Å².